The van der Waals surface area contributed by atoms with Gasteiger partial charge in [-0.05, 0) is 37.5 Å². The summed E-state index contributed by atoms with van der Waals surface area (Å²) in [6, 6.07) is 7.42. The van der Waals surface area contributed by atoms with Crippen LogP contribution in [-0.4, -0.2) is 9.97 Å². The van der Waals surface area contributed by atoms with Crippen LogP contribution in [0.25, 0.3) is 21.2 Å². The van der Waals surface area contributed by atoms with Crippen LogP contribution in [0.15, 0.2) is 39.8 Å². The average molecular weight is 366 g/mol. The zero-order valence-electron chi connectivity index (χ0n) is 14.8. The van der Waals surface area contributed by atoms with Crippen LogP contribution in [0.4, 0.5) is 0 Å². The lowest BCUT2D eigenvalue weighted by Gasteiger charge is -2.09. The van der Waals surface area contributed by atoms with Crippen molar-refractivity contribution in [2.24, 2.45) is 0 Å². The maximum atomic E-state index is 11.9. The Hall–Kier alpha value is -2.73. The van der Waals surface area contributed by atoms with Crippen LogP contribution < -0.4 is 10.4 Å². The van der Waals surface area contributed by atoms with Crippen molar-refractivity contribution in [1.82, 2.24) is 9.97 Å². The van der Waals surface area contributed by atoms with Crippen molar-refractivity contribution >= 4 is 32.5 Å². The predicted octanol–water partition coefficient (Wildman–Crippen LogP) is 4.56. The van der Waals surface area contributed by atoms with Crippen LogP contribution >= 0.6 is 11.3 Å². The van der Waals surface area contributed by atoms with E-state index in [2.05, 4.69) is 23.8 Å². The Morgan fingerprint density at radius 3 is 2.85 bits per heavy atom. The molecule has 0 N–H and O–H groups in total. The highest BCUT2D eigenvalue weighted by Gasteiger charge is 2.14. The lowest BCUT2D eigenvalue weighted by atomic mass is 10.1. The van der Waals surface area contributed by atoms with Gasteiger partial charge in [-0.2, -0.15) is 0 Å². The van der Waals surface area contributed by atoms with Crippen LogP contribution in [0.5, 0.6) is 5.88 Å². The molecule has 1 aromatic carbocycles. The van der Waals surface area contributed by atoms with Gasteiger partial charge >= 0.3 is 5.63 Å². The van der Waals surface area contributed by atoms with Gasteiger partial charge in [-0.3, -0.25) is 0 Å². The van der Waals surface area contributed by atoms with E-state index < -0.39 is 0 Å². The number of ether oxygens (including phenoxy) is 1. The molecule has 0 saturated heterocycles. The average Bonchev–Trinajstić information content (AvgIpc) is 2.93. The molecule has 0 bridgehead atoms. The topological polar surface area (TPSA) is 65.2 Å². The molecule has 0 fully saturated rings. The quantitative estimate of drug-likeness (QED) is 0.496. The fourth-order valence-electron chi connectivity index (χ4n) is 3.02. The fourth-order valence-corrected chi connectivity index (χ4v) is 4.01. The van der Waals surface area contributed by atoms with E-state index in [-0.39, 0.29) is 12.2 Å². The molecule has 4 rings (SSSR count). The third-order valence-corrected chi connectivity index (χ3v) is 5.71. The fraction of sp³-hybridized carbons (Fsp3) is 0.250. The summed E-state index contributed by atoms with van der Waals surface area (Å²) < 4.78 is 11.3. The summed E-state index contributed by atoms with van der Waals surface area (Å²) >= 11 is 1.63. The zero-order valence-corrected chi connectivity index (χ0v) is 15.6. The Morgan fingerprint density at radius 1 is 1.19 bits per heavy atom. The standard InChI is InChI=1S/C20H18N2O3S/c1-4-13-5-6-15-14(8-17(23)25-16(15)7-13)9-24-19-18-11(2)12(3)26-20(18)22-10-21-19/h5-8,10H,4,9H2,1-3H3. The molecule has 4 aromatic rings. The van der Waals surface area contributed by atoms with Crippen LogP contribution in [0, 0.1) is 13.8 Å². The van der Waals surface area contributed by atoms with Gasteiger partial charge in [0.1, 0.15) is 23.3 Å². The minimum Gasteiger partial charge on any atom is -0.472 e. The lowest BCUT2D eigenvalue weighted by molar-refractivity contribution is 0.298. The Morgan fingerprint density at radius 2 is 2.04 bits per heavy atom. The molecule has 3 aromatic heterocycles. The van der Waals surface area contributed by atoms with E-state index in [0.717, 1.165) is 38.7 Å². The summed E-state index contributed by atoms with van der Waals surface area (Å²) in [5, 5.41) is 1.82. The minimum atomic E-state index is -0.375. The third-order valence-electron chi connectivity index (χ3n) is 4.60. The van der Waals surface area contributed by atoms with Crippen molar-refractivity contribution in [1.29, 1.82) is 0 Å². The molecule has 0 unspecified atom stereocenters. The van der Waals surface area contributed by atoms with E-state index in [0.29, 0.717) is 11.5 Å². The molecule has 6 heteroatoms. The molecular weight excluding hydrogens is 348 g/mol. The van der Waals surface area contributed by atoms with E-state index >= 15 is 0 Å². The SMILES string of the molecule is CCc1ccc2c(COc3ncnc4sc(C)c(C)c34)cc(=O)oc2c1. The smallest absolute Gasteiger partial charge is 0.336 e. The summed E-state index contributed by atoms with van der Waals surface area (Å²) in [5.74, 6) is 0.545. The first kappa shape index (κ1) is 16.7. The van der Waals surface area contributed by atoms with Gasteiger partial charge in [0.05, 0.1) is 5.39 Å². The summed E-state index contributed by atoms with van der Waals surface area (Å²) in [7, 11) is 0. The first-order valence-electron chi connectivity index (χ1n) is 8.46. The lowest BCUT2D eigenvalue weighted by Crippen LogP contribution is -2.05. The van der Waals surface area contributed by atoms with Crippen molar-refractivity contribution in [3.63, 3.8) is 0 Å². The number of nitrogens with zero attached hydrogens (tertiary/aromatic N) is 2. The predicted molar refractivity (Wildman–Crippen MR) is 103 cm³/mol. The molecule has 3 heterocycles. The van der Waals surface area contributed by atoms with E-state index in [1.165, 1.54) is 17.3 Å². The van der Waals surface area contributed by atoms with Crippen molar-refractivity contribution in [2.75, 3.05) is 0 Å². The van der Waals surface area contributed by atoms with Crippen molar-refractivity contribution in [3.8, 4) is 5.88 Å². The van der Waals surface area contributed by atoms with E-state index in [4.69, 9.17) is 9.15 Å². The van der Waals surface area contributed by atoms with Gasteiger partial charge in [-0.1, -0.05) is 19.1 Å². The van der Waals surface area contributed by atoms with Gasteiger partial charge < -0.3 is 9.15 Å². The van der Waals surface area contributed by atoms with Crippen LogP contribution in [0.2, 0.25) is 0 Å². The number of rotatable bonds is 4. The van der Waals surface area contributed by atoms with Crippen LogP contribution in [0.1, 0.15) is 28.5 Å². The molecular formula is C20H18N2O3S. The van der Waals surface area contributed by atoms with Crippen molar-refractivity contribution < 1.29 is 9.15 Å². The molecule has 0 aliphatic heterocycles. The maximum Gasteiger partial charge on any atom is 0.336 e. The summed E-state index contributed by atoms with van der Waals surface area (Å²) in [6.07, 6.45) is 2.40. The summed E-state index contributed by atoms with van der Waals surface area (Å²) in [5.41, 5.74) is 3.26. The molecule has 5 nitrogen and oxygen atoms in total. The molecule has 0 aliphatic carbocycles. The Bertz CT molecular complexity index is 1180. The molecule has 132 valence electrons. The van der Waals surface area contributed by atoms with Crippen molar-refractivity contribution in [3.05, 3.63) is 62.6 Å². The second kappa shape index (κ2) is 6.53. The monoisotopic (exact) mass is 366 g/mol. The Labute approximate surface area is 154 Å². The van der Waals surface area contributed by atoms with Gasteiger partial charge in [0.2, 0.25) is 5.88 Å². The number of aryl methyl sites for hydroxylation is 3. The second-order valence-corrected chi connectivity index (χ2v) is 7.41. The largest absolute Gasteiger partial charge is 0.472 e. The van der Waals surface area contributed by atoms with Crippen LogP contribution in [0.3, 0.4) is 0 Å². The van der Waals surface area contributed by atoms with Crippen LogP contribution in [-0.2, 0) is 13.0 Å². The molecule has 26 heavy (non-hydrogen) atoms. The second-order valence-electron chi connectivity index (χ2n) is 6.21. The van der Waals surface area contributed by atoms with Gasteiger partial charge in [0.25, 0.3) is 0 Å². The molecule has 0 amide bonds. The van der Waals surface area contributed by atoms with Gasteiger partial charge in [-0.25, -0.2) is 14.8 Å². The molecule has 0 aliphatic rings. The van der Waals surface area contributed by atoms with Gasteiger partial charge in [-0.15, -0.1) is 11.3 Å². The minimum absolute atomic E-state index is 0.244. The number of thiophene rings is 1. The number of aromatic nitrogens is 2. The van der Waals surface area contributed by atoms with Gasteiger partial charge in [0.15, 0.2) is 0 Å². The number of benzene rings is 1. The highest BCUT2D eigenvalue weighted by Crippen LogP contribution is 2.34. The Kier molecular flexibility index (Phi) is 4.20. The van der Waals surface area contributed by atoms with E-state index in [9.17, 15) is 4.79 Å². The first-order chi connectivity index (χ1) is 12.6. The number of hydrogen-bond acceptors (Lipinski definition) is 6. The highest BCUT2D eigenvalue weighted by molar-refractivity contribution is 7.18. The molecule has 0 spiro atoms. The van der Waals surface area contributed by atoms with E-state index in [1.807, 2.05) is 25.1 Å². The Balaban J connectivity index is 1.74. The van der Waals surface area contributed by atoms with Crippen molar-refractivity contribution in [2.45, 2.75) is 33.8 Å². The number of hydrogen-bond donors (Lipinski definition) is 0. The molecule has 0 atom stereocenters. The summed E-state index contributed by atoms with van der Waals surface area (Å²) in [6.45, 7) is 6.42. The van der Waals surface area contributed by atoms with E-state index in [1.54, 1.807) is 11.3 Å². The number of fused-ring (bicyclic) bond motifs is 2. The first-order valence-corrected chi connectivity index (χ1v) is 9.27. The zero-order chi connectivity index (χ0) is 18.3. The summed E-state index contributed by atoms with van der Waals surface area (Å²) in [4.78, 5) is 22.7. The normalized spacial score (nSPS) is 11.3. The molecule has 0 saturated carbocycles. The maximum absolute atomic E-state index is 11.9. The molecule has 0 radical (unpaired) electrons. The third kappa shape index (κ3) is 2.86. The highest BCUT2D eigenvalue weighted by atomic mass is 32.1. The van der Waals surface area contributed by atoms with Gasteiger partial charge in [0, 0.05) is 21.9 Å².